The van der Waals surface area contributed by atoms with Crippen molar-refractivity contribution in [3.8, 4) is 17.2 Å². The molecule has 1 N–H and O–H groups in total. The van der Waals surface area contributed by atoms with E-state index in [1.54, 1.807) is 6.20 Å². The van der Waals surface area contributed by atoms with E-state index in [0.29, 0.717) is 31.1 Å². The van der Waals surface area contributed by atoms with Gasteiger partial charge in [-0.2, -0.15) is 13.2 Å². The Hall–Kier alpha value is -4.21. The lowest BCUT2D eigenvalue weighted by molar-refractivity contribution is -0.137. The third-order valence-electron chi connectivity index (χ3n) is 6.13. The molecular weight excluding hydrogens is 469 g/mol. The molecule has 2 aromatic carbocycles. The third kappa shape index (κ3) is 5.07. The molecule has 5 rings (SSSR count). The highest BCUT2D eigenvalue weighted by Gasteiger charge is 2.31. The van der Waals surface area contributed by atoms with Crippen LogP contribution in [-0.4, -0.2) is 38.7 Å². The summed E-state index contributed by atoms with van der Waals surface area (Å²) in [4.78, 5) is 19.2. The minimum absolute atomic E-state index is 0.130. The predicted molar refractivity (Wildman–Crippen MR) is 130 cm³/mol. The van der Waals surface area contributed by atoms with Crippen LogP contribution in [-0.2, 0) is 11.0 Å². The van der Waals surface area contributed by atoms with Crippen molar-refractivity contribution in [3.05, 3.63) is 84.7 Å². The lowest BCUT2D eigenvalue weighted by Crippen LogP contribution is -2.41. The number of nitrogens with one attached hydrogen (secondary N) is 1. The molecule has 3 heterocycles. The number of carbonyl (C=O) groups excluding carboxylic acids is 1. The number of nitrogens with zero attached hydrogens (tertiary/aromatic N) is 5. The Morgan fingerprint density at radius 1 is 0.972 bits per heavy atom. The average molecular weight is 493 g/mol. The molecule has 0 spiro atoms. The Morgan fingerprint density at radius 3 is 2.50 bits per heavy atom. The van der Waals surface area contributed by atoms with E-state index in [2.05, 4.69) is 20.5 Å². The van der Waals surface area contributed by atoms with Crippen molar-refractivity contribution in [2.24, 2.45) is 5.92 Å². The molecule has 1 fully saturated rings. The number of imidazole rings is 1. The Kier molecular flexibility index (Phi) is 6.41. The van der Waals surface area contributed by atoms with E-state index in [1.165, 1.54) is 12.1 Å². The van der Waals surface area contributed by atoms with Gasteiger partial charge in [0.1, 0.15) is 5.82 Å². The van der Waals surface area contributed by atoms with Gasteiger partial charge in [-0.15, -0.1) is 10.2 Å². The van der Waals surface area contributed by atoms with Crippen molar-refractivity contribution in [2.75, 3.05) is 23.3 Å². The molecule has 4 aromatic rings. The number of piperidine rings is 1. The van der Waals surface area contributed by atoms with Crippen LogP contribution in [0.4, 0.5) is 24.7 Å². The van der Waals surface area contributed by atoms with E-state index in [4.69, 9.17) is 0 Å². The van der Waals surface area contributed by atoms with Gasteiger partial charge in [0.25, 0.3) is 0 Å². The van der Waals surface area contributed by atoms with Crippen molar-refractivity contribution in [2.45, 2.75) is 19.0 Å². The minimum atomic E-state index is -4.47. The van der Waals surface area contributed by atoms with Crippen LogP contribution in [0, 0.1) is 5.92 Å². The van der Waals surface area contributed by atoms with Gasteiger partial charge in [-0.1, -0.05) is 36.4 Å². The molecule has 1 saturated heterocycles. The molecule has 0 saturated carbocycles. The summed E-state index contributed by atoms with van der Waals surface area (Å²) in [6, 6.07) is 18.1. The molecule has 36 heavy (non-hydrogen) atoms. The molecule has 184 valence electrons. The van der Waals surface area contributed by atoms with Crippen molar-refractivity contribution in [1.82, 2.24) is 19.7 Å². The topological polar surface area (TPSA) is 75.9 Å². The maximum absolute atomic E-state index is 13.0. The zero-order valence-electron chi connectivity index (χ0n) is 19.2. The van der Waals surface area contributed by atoms with E-state index in [1.807, 2.05) is 58.1 Å². The smallest absolute Gasteiger partial charge is 0.354 e. The summed E-state index contributed by atoms with van der Waals surface area (Å²) in [6.07, 6.45) is 0.453. The monoisotopic (exact) mass is 492 g/mol. The first-order chi connectivity index (χ1) is 17.4. The van der Waals surface area contributed by atoms with Gasteiger partial charge >= 0.3 is 6.18 Å². The molecule has 2 aromatic heterocycles. The first-order valence-electron chi connectivity index (χ1n) is 11.5. The largest absolute Gasteiger partial charge is 0.416 e. The second-order valence-corrected chi connectivity index (χ2v) is 8.59. The Bertz CT molecular complexity index is 1340. The summed E-state index contributed by atoms with van der Waals surface area (Å²) in [5.74, 6) is 1.31. The fraction of sp³-hybridized carbons (Fsp3) is 0.231. The maximum atomic E-state index is 13.0. The van der Waals surface area contributed by atoms with Crippen LogP contribution < -0.4 is 10.2 Å². The number of aromatic nitrogens is 4. The second-order valence-electron chi connectivity index (χ2n) is 8.59. The lowest BCUT2D eigenvalue weighted by Gasteiger charge is -2.32. The molecule has 1 unspecified atom stereocenters. The molecule has 1 aliphatic heterocycles. The summed E-state index contributed by atoms with van der Waals surface area (Å²) >= 11 is 0. The zero-order valence-corrected chi connectivity index (χ0v) is 19.2. The van der Waals surface area contributed by atoms with Crippen molar-refractivity contribution >= 4 is 17.4 Å². The number of alkyl halides is 3. The molecule has 10 heteroatoms. The highest BCUT2D eigenvalue weighted by Crippen LogP contribution is 2.31. The highest BCUT2D eigenvalue weighted by molar-refractivity contribution is 5.93. The van der Waals surface area contributed by atoms with Crippen LogP contribution >= 0.6 is 0 Å². The SMILES string of the molecule is O=C(Nc1cccc(C(F)(F)F)c1)C1CCCN(c2ccc(-n3ccnc3-c3ccccc3)nn2)C1. The minimum Gasteiger partial charge on any atom is -0.354 e. The molecule has 1 amide bonds. The predicted octanol–water partition coefficient (Wildman–Crippen LogP) is 5.20. The number of halogens is 3. The van der Waals surface area contributed by atoms with E-state index in [-0.39, 0.29) is 17.5 Å². The Morgan fingerprint density at radius 2 is 1.75 bits per heavy atom. The number of amides is 1. The van der Waals surface area contributed by atoms with Crippen LogP contribution in [0.1, 0.15) is 18.4 Å². The van der Waals surface area contributed by atoms with Gasteiger partial charge in [0.05, 0.1) is 11.5 Å². The Balaban J connectivity index is 1.27. The highest BCUT2D eigenvalue weighted by atomic mass is 19.4. The zero-order chi connectivity index (χ0) is 25.1. The van der Waals surface area contributed by atoms with Gasteiger partial charge in [-0.25, -0.2) is 4.98 Å². The van der Waals surface area contributed by atoms with Crippen LogP contribution in [0.15, 0.2) is 79.1 Å². The fourth-order valence-electron chi connectivity index (χ4n) is 4.32. The van der Waals surface area contributed by atoms with E-state index >= 15 is 0 Å². The van der Waals surface area contributed by atoms with Crippen LogP contribution in [0.2, 0.25) is 0 Å². The van der Waals surface area contributed by atoms with Crippen molar-refractivity contribution in [1.29, 1.82) is 0 Å². The molecule has 0 radical (unpaired) electrons. The number of benzene rings is 2. The summed E-state index contributed by atoms with van der Waals surface area (Å²) < 4.78 is 40.8. The maximum Gasteiger partial charge on any atom is 0.416 e. The summed E-state index contributed by atoms with van der Waals surface area (Å²) in [7, 11) is 0. The Labute approximate surface area is 205 Å². The van der Waals surface area contributed by atoms with Crippen molar-refractivity contribution in [3.63, 3.8) is 0 Å². The van der Waals surface area contributed by atoms with Gasteiger partial charge in [-0.05, 0) is 43.2 Å². The van der Waals surface area contributed by atoms with Gasteiger partial charge in [0.15, 0.2) is 11.6 Å². The average Bonchev–Trinajstić information content (AvgIpc) is 3.39. The summed E-state index contributed by atoms with van der Waals surface area (Å²) in [5.41, 5.74) is 0.291. The van der Waals surface area contributed by atoms with Crippen molar-refractivity contribution < 1.29 is 18.0 Å². The number of carbonyl (C=O) groups is 1. The van der Waals surface area contributed by atoms with Gasteiger partial charge < -0.3 is 10.2 Å². The molecule has 0 aliphatic carbocycles. The lowest BCUT2D eigenvalue weighted by atomic mass is 9.97. The third-order valence-corrected chi connectivity index (χ3v) is 6.13. The second kappa shape index (κ2) is 9.80. The summed E-state index contributed by atoms with van der Waals surface area (Å²) in [6.45, 7) is 1.11. The van der Waals surface area contributed by atoms with Gasteiger partial charge in [-0.3, -0.25) is 9.36 Å². The fourth-order valence-corrected chi connectivity index (χ4v) is 4.32. The van der Waals surface area contributed by atoms with Crippen LogP contribution in [0.3, 0.4) is 0 Å². The molecule has 1 aliphatic rings. The normalized spacial score (nSPS) is 16.1. The van der Waals surface area contributed by atoms with E-state index < -0.39 is 11.7 Å². The number of anilines is 2. The summed E-state index contributed by atoms with van der Waals surface area (Å²) in [5, 5.41) is 11.4. The van der Waals surface area contributed by atoms with Crippen LogP contribution in [0.5, 0.6) is 0 Å². The number of hydrogen-bond acceptors (Lipinski definition) is 5. The first kappa shape index (κ1) is 23.5. The van der Waals surface area contributed by atoms with E-state index in [9.17, 15) is 18.0 Å². The first-order valence-corrected chi connectivity index (χ1v) is 11.5. The quantitative estimate of drug-likeness (QED) is 0.414. The molecule has 0 bridgehead atoms. The standard InChI is InChI=1S/C26H23F3N6O/c27-26(28,29)20-9-4-10-21(16-20)31-25(36)19-8-5-14-34(17-19)22-11-12-23(33-32-22)35-15-13-30-24(35)18-6-2-1-3-7-18/h1-4,6-7,9-13,15-16,19H,5,8,14,17H2,(H,31,36). The van der Waals surface area contributed by atoms with E-state index in [0.717, 1.165) is 29.9 Å². The molecule has 1 atom stereocenters. The molecule has 7 nitrogen and oxygen atoms in total. The number of rotatable bonds is 5. The van der Waals surface area contributed by atoms with Crippen LogP contribution in [0.25, 0.3) is 17.2 Å². The van der Waals surface area contributed by atoms with Gasteiger partial charge in [0, 0.05) is 36.7 Å². The number of hydrogen-bond donors (Lipinski definition) is 1. The van der Waals surface area contributed by atoms with Gasteiger partial charge in [0.2, 0.25) is 5.91 Å². The molecular formula is C26H23F3N6O.